The summed E-state index contributed by atoms with van der Waals surface area (Å²) in [6.45, 7) is 2.02. The Bertz CT molecular complexity index is 487. The van der Waals surface area contributed by atoms with Crippen molar-refractivity contribution in [1.29, 1.82) is 0 Å². The summed E-state index contributed by atoms with van der Waals surface area (Å²) in [7, 11) is 1.99. The number of rotatable bonds is 4. The zero-order valence-corrected chi connectivity index (χ0v) is 14.8. The molecule has 1 amide bonds. The molecule has 22 heavy (non-hydrogen) atoms. The van der Waals surface area contributed by atoms with Gasteiger partial charge in [-0.2, -0.15) is 0 Å². The molecular weight excluding hydrogens is 316 g/mol. The molecule has 2 aliphatic rings. The molecule has 0 aromatic heterocycles. The Kier molecular flexibility index (Phi) is 6.18. The van der Waals surface area contributed by atoms with Gasteiger partial charge in [0.1, 0.15) is 0 Å². The fourth-order valence-corrected chi connectivity index (χ4v) is 4.55. The molecule has 3 nitrogen and oxygen atoms in total. The van der Waals surface area contributed by atoms with Crippen LogP contribution in [-0.4, -0.2) is 41.2 Å². The quantitative estimate of drug-likeness (QED) is 0.853. The van der Waals surface area contributed by atoms with E-state index in [9.17, 15) is 4.79 Å². The van der Waals surface area contributed by atoms with Crippen LogP contribution in [-0.2, 0) is 4.79 Å². The molecule has 2 fully saturated rings. The second-order valence-electron chi connectivity index (χ2n) is 6.29. The molecular formula is C17H25ClN2OS. The number of halogens is 1. The van der Waals surface area contributed by atoms with Crippen LogP contribution in [0.5, 0.6) is 0 Å². The van der Waals surface area contributed by atoms with Gasteiger partial charge in [-0.3, -0.25) is 4.79 Å². The minimum absolute atomic E-state index is 0. The summed E-state index contributed by atoms with van der Waals surface area (Å²) < 4.78 is 0. The van der Waals surface area contributed by atoms with E-state index in [4.69, 9.17) is 0 Å². The number of nitrogens with one attached hydrogen (secondary N) is 1. The van der Waals surface area contributed by atoms with Gasteiger partial charge in [0.05, 0.1) is 5.25 Å². The largest absolute Gasteiger partial charge is 0.342 e. The SMILES string of the molecule is CC(Sc1ccccc1)C(=O)N(C)C1CC2CCC(C1)N2.Cl. The maximum Gasteiger partial charge on any atom is 0.235 e. The highest BCUT2D eigenvalue weighted by Gasteiger charge is 2.37. The number of benzene rings is 1. The average Bonchev–Trinajstić information content (AvgIpc) is 2.85. The van der Waals surface area contributed by atoms with Gasteiger partial charge < -0.3 is 10.2 Å². The molecule has 2 aliphatic heterocycles. The van der Waals surface area contributed by atoms with E-state index < -0.39 is 0 Å². The maximum absolute atomic E-state index is 12.7. The number of nitrogens with zero attached hydrogens (tertiary/aromatic N) is 1. The van der Waals surface area contributed by atoms with Crippen molar-refractivity contribution in [3.05, 3.63) is 30.3 Å². The van der Waals surface area contributed by atoms with Gasteiger partial charge in [-0.15, -0.1) is 24.2 Å². The van der Waals surface area contributed by atoms with E-state index in [0.717, 1.165) is 17.7 Å². The normalized spacial score (nSPS) is 27.8. The highest BCUT2D eigenvalue weighted by atomic mass is 35.5. The highest BCUT2D eigenvalue weighted by molar-refractivity contribution is 8.00. The van der Waals surface area contributed by atoms with Crippen LogP contribution < -0.4 is 5.32 Å². The molecule has 3 unspecified atom stereocenters. The van der Waals surface area contributed by atoms with Crippen molar-refractivity contribution in [2.24, 2.45) is 0 Å². The lowest BCUT2D eigenvalue weighted by atomic mass is 9.98. The molecule has 2 bridgehead atoms. The molecule has 122 valence electrons. The molecule has 5 heteroatoms. The van der Waals surface area contributed by atoms with Crippen molar-refractivity contribution >= 4 is 30.1 Å². The van der Waals surface area contributed by atoms with Gasteiger partial charge in [-0.25, -0.2) is 0 Å². The van der Waals surface area contributed by atoms with Crippen LogP contribution >= 0.6 is 24.2 Å². The van der Waals surface area contributed by atoms with Crippen molar-refractivity contribution in [1.82, 2.24) is 10.2 Å². The van der Waals surface area contributed by atoms with Crippen molar-refractivity contribution in [3.8, 4) is 0 Å². The number of hydrogen-bond acceptors (Lipinski definition) is 3. The van der Waals surface area contributed by atoms with E-state index >= 15 is 0 Å². The van der Waals surface area contributed by atoms with Gasteiger partial charge in [0.2, 0.25) is 5.91 Å². The molecule has 1 N–H and O–H groups in total. The van der Waals surface area contributed by atoms with E-state index in [0.29, 0.717) is 18.1 Å². The molecule has 0 aliphatic carbocycles. The van der Waals surface area contributed by atoms with Crippen LogP contribution in [0.25, 0.3) is 0 Å². The van der Waals surface area contributed by atoms with Crippen molar-refractivity contribution in [3.63, 3.8) is 0 Å². The number of carbonyl (C=O) groups is 1. The summed E-state index contributed by atoms with van der Waals surface area (Å²) in [6.07, 6.45) is 4.78. The molecule has 3 rings (SSSR count). The predicted octanol–water partition coefficient (Wildman–Crippen LogP) is 3.33. The summed E-state index contributed by atoms with van der Waals surface area (Å²) in [4.78, 5) is 15.8. The average molecular weight is 341 g/mol. The lowest BCUT2D eigenvalue weighted by Gasteiger charge is -2.36. The van der Waals surface area contributed by atoms with E-state index in [1.165, 1.54) is 12.8 Å². The Morgan fingerprint density at radius 2 is 1.82 bits per heavy atom. The fraction of sp³-hybridized carbons (Fsp3) is 0.588. The molecule has 3 atom stereocenters. The Morgan fingerprint density at radius 3 is 2.41 bits per heavy atom. The van der Waals surface area contributed by atoms with Crippen LogP contribution in [0.4, 0.5) is 0 Å². The molecule has 2 saturated heterocycles. The Hall–Kier alpha value is -0.710. The molecule has 1 aromatic rings. The first-order valence-electron chi connectivity index (χ1n) is 7.88. The van der Waals surface area contributed by atoms with Gasteiger partial charge in [0.25, 0.3) is 0 Å². The number of amides is 1. The van der Waals surface area contributed by atoms with Crippen molar-refractivity contribution in [2.45, 2.75) is 60.9 Å². The minimum atomic E-state index is -0.0232. The topological polar surface area (TPSA) is 32.3 Å². The van der Waals surface area contributed by atoms with Gasteiger partial charge in [-0.05, 0) is 44.7 Å². The molecule has 0 radical (unpaired) electrons. The van der Waals surface area contributed by atoms with Gasteiger partial charge in [0.15, 0.2) is 0 Å². The molecule has 1 aromatic carbocycles. The monoisotopic (exact) mass is 340 g/mol. The molecule has 0 saturated carbocycles. The number of thioether (sulfide) groups is 1. The Balaban J connectivity index is 0.00000176. The predicted molar refractivity (Wildman–Crippen MR) is 94.7 cm³/mol. The summed E-state index contributed by atoms with van der Waals surface area (Å²) in [5.41, 5.74) is 0. The molecule has 2 heterocycles. The smallest absolute Gasteiger partial charge is 0.235 e. The zero-order valence-electron chi connectivity index (χ0n) is 13.2. The third kappa shape index (κ3) is 3.98. The van der Waals surface area contributed by atoms with Crippen molar-refractivity contribution in [2.75, 3.05) is 7.05 Å². The van der Waals surface area contributed by atoms with Crippen molar-refractivity contribution < 1.29 is 4.79 Å². The first-order chi connectivity index (χ1) is 10.1. The Labute approximate surface area is 143 Å². The highest BCUT2D eigenvalue weighted by Crippen LogP contribution is 2.31. The van der Waals surface area contributed by atoms with Crippen LogP contribution in [0.2, 0.25) is 0 Å². The summed E-state index contributed by atoms with van der Waals surface area (Å²) >= 11 is 1.65. The van der Waals surface area contributed by atoms with Gasteiger partial charge in [-0.1, -0.05) is 18.2 Å². The van der Waals surface area contributed by atoms with Crippen LogP contribution in [0.15, 0.2) is 35.2 Å². The number of piperidine rings is 1. The fourth-order valence-electron chi connectivity index (χ4n) is 3.56. The Morgan fingerprint density at radius 1 is 1.23 bits per heavy atom. The summed E-state index contributed by atoms with van der Waals surface area (Å²) in [5, 5.41) is 3.62. The maximum atomic E-state index is 12.7. The van der Waals surface area contributed by atoms with E-state index in [2.05, 4.69) is 17.4 Å². The minimum Gasteiger partial charge on any atom is -0.342 e. The zero-order chi connectivity index (χ0) is 14.8. The van der Waals surface area contributed by atoms with Crippen LogP contribution in [0.3, 0.4) is 0 Å². The first kappa shape index (κ1) is 17.6. The second kappa shape index (κ2) is 7.71. The number of carbonyl (C=O) groups excluding carboxylic acids is 1. The van der Waals surface area contributed by atoms with Crippen LogP contribution in [0, 0.1) is 0 Å². The van der Waals surface area contributed by atoms with E-state index in [1.54, 1.807) is 11.8 Å². The second-order valence-corrected chi connectivity index (χ2v) is 7.70. The van der Waals surface area contributed by atoms with Crippen LogP contribution in [0.1, 0.15) is 32.6 Å². The summed E-state index contributed by atoms with van der Waals surface area (Å²) in [5.74, 6) is 0.259. The standard InChI is InChI=1S/C17H24N2OS.ClH/c1-12(21-16-6-4-3-5-7-16)17(20)19(2)15-10-13-8-9-14(11-15)18-13;/h3-7,12-15,18H,8-11H2,1-2H3;1H. The number of hydrogen-bond donors (Lipinski definition) is 1. The van der Waals surface area contributed by atoms with E-state index in [1.807, 2.05) is 37.1 Å². The lowest BCUT2D eigenvalue weighted by Crippen LogP contribution is -2.50. The third-order valence-corrected chi connectivity index (χ3v) is 5.85. The van der Waals surface area contributed by atoms with E-state index in [-0.39, 0.29) is 23.6 Å². The molecule has 0 spiro atoms. The lowest BCUT2D eigenvalue weighted by molar-refractivity contribution is -0.131. The van der Waals surface area contributed by atoms with Gasteiger partial charge >= 0.3 is 0 Å². The third-order valence-electron chi connectivity index (χ3n) is 4.75. The first-order valence-corrected chi connectivity index (χ1v) is 8.76. The summed E-state index contributed by atoms with van der Waals surface area (Å²) in [6, 6.07) is 11.9. The van der Waals surface area contributed by atoms with Gasteiger partial charge in [0, 0.05) is 30.1 Å². The number of fused-ring (bicyclic) bond motifs is 2.